The average molecular weight is 343 g/mol. The highest BCUT2D eigenvalue weighted by Gasteiger charge is 2.22. The molecule has 1 aromatic heterocycles. The summed E-state index contributed by atoms with van der Waals surface area (Å²) in [6.45, 7) is 0. The van der Waals surface area contributed by atoms with Gasteiger partial charge < -0.3 is 0 Å². The maximum absolute atomic E-state index is 13.1. The minimum atomic E-state index is -3.77. The third-order valence-electron chi connectivity index (χ3n) is 3.79. The van der Waals surface area contributed by atoms with Crippen molar-refractivity contribution in [1.82, 2.24) is 8.96 Å². The Morgan fingerprint density at radius 1 is 0.870 bits per heavy atom. The second-order valence-corrected chi connectivity index (χ2v) is 7.32. The van der Waals surface area contributed by atoms with Gasteiger partial charge in [-0.2, -0.15) is 0 Å². The molecule has 0 saturated heterocycles. The molecule has 0 spiro atoms. The van der Waals surface area contributed by atoms with Crippen LogP contribution in [0.15, 0.2) is 71.9 Å². The summed E-state index contributed by atoms with van der Waals surface area (Å²) in [7, 11) is -3.77. The van der Waals surface area contributed by atoms with Crippen molar-refractivity contribution in [3.05, 3.63) is 72.0 Å². The quantitative estimate of drug-likeness (QED) is 0.551. The van der Waals surface area contributed by atoms with Crippen molar-refractivity contribution in [3.63, 3.8) is 0 Å². The molecule has 0 unspecified atom stereocenters. The van der Waals surface area contributed by atoms with Gasteiger partial charge in [-0.1, -0.05) is 48.0 Å². The minimum Gasteiger partial charge on any atom is -0.236 e. The van der Waals surface area contributed by atoms with Crippen molar-refractivity contribution in [2.75, 3.05) is 0 Å². The summed E-state index contributed by atoms with van der Waals surface area (Å²) in [6.07, 6.45) is 1.34. The predicted molar refractivity (Wildman–Crippen MR) is 91.3 cm³/mol. The average Bonchev–Trinajstić information content (AvgIpc) is 3.00. The Morgan fingerprint density at radius 3 is 2.39 bits per heavy atom. The van der Waals surface area contributed by atoms with Crippen LogP contribution in [0.25, 0.3) is 21.8 Å². The van der Waals surface area contributed by atoms with Gasteiger partial charge in [0.15, 0.2) is 0 Å². The molecule has 0 fully saturated rings. The molecule has 4 nitrogen and oxygen atoms in total. The second kappa shape index (κ2) is 5.08. The Balaban J connectivity index is 2.06. The fourth-order valence-electron chi connectivity index (χ4n) is 2.69. The lowest BCUT2D eigenvalue weighted by molar-refractivity contribution is 0.589. The number of benzene rings is 3. The molecule has 6 heteroatoms. The van der Waals surface area contributed by atoms with Crippen LogP contribution in [0.1, 0.15) is 0 Å². The van der Waals surface area contributed by atoms with Crippen LogP contribution in [0.2, 0.25) is 5.02 Å². The fraction of sp³-hybridized carbons (Fsp3) is 0. The monoisotopic (exact) mass is 342 g/mol. The van der Waals surface area contributed by atoms with Crippen molar-refractivity contribution in [2.45, 2.75) is 4.90 Å². The number of fused-ring (bicyclic) bond motifs is 2. The van der Waals surface area contributed by atoms with Crippen LogP contribution in [0.5, 0.6) is 0 Å². The van der Waals surface area contributed by atoms with Gasteiger partial charge in [0.2, 0.25) is 0 Å². The molecule has 0 aliphatic heterocycles. The van der Waals surface area contributed by atoms with Gasteiger partial charge >= 0.3 is 0 Å². The maximum Gasteiger partial charge on any atom is 0.270 e. The Hall–Kier alpha value is -2.37. The maximum atomic E-state index is 13.1. The Morgan fingerprint density at radius 2 is 1.57 bits per heavy atom. The molecule has 0 aliphatic carbocycles. The molecule has 0 aliphatic rings. The van der Waals surface area contributed by atoms with Gasteiger partial charge in [0.25, 0.3) is 10.0 Å². The summed E-state index contributed by atoms with van der Waals surface area (Å²) in [4.78, 5) is 4.37. The van der Waals surface area contributed by atoms with E-state index >= 15 is 0 Å². The summed E-state index contributed by atoms with van der Waals surface area (Å²) >= 11 is 6.19. The van der Waals surface area contributed by atoms with E-state index in [4.69, 9.17) is 11.6 Å². The van der Waals surface area contributed by atoms with Crippen LogP contribution < -0.4 is 0 Å². The Bertz CT molecular complexity index is 1150. The van der Waals surface area contributed by atoms with Crippen LogP contribution in [0.3, 0.4) is 0 Å². The Labute approximate surface area is 138 Å². The van der Waals surface area contributed by atoms with E-state index in [-0.39, 0.29) is 4.90 Å². The minimum absolute atomic E-state index is 0.209. The molecule has 3 aromatic carbocycles. The lowest BCUT2D eigenvalue weighted by Crippen LogP contribution is -2.12. The van der Waals surface area contributed by atoms with Crippen LogP contribution in [-0.4, -0.2) is 17.4 Å². The van der Waals surface area contributed by atoms with Crippen LogP contribution in [0, 0.1) is 0 Å². The molecule has 4 aromatic rings. The molecular formula is C17H11ClN2O2S. The van der Waals surface area contributed by atoms with Gasteiger partial charge in [0.1, 0.15) is 6.33 Å². The molecule has 0 bridgehead atoms. The number of aromatic nitrogens is 2. The van der Waals surface area contributed by atoms with Gasteiger partial charge in [-0.3, -0.25) is 0 Å². The van der Waals surface area contributed by atoms with Crippen LogP contribution in [0.4, 0.5) is 0 Å². The molecule has 0 atom stereocenters. The van der Waals surface area contributed by atoms with E-state index in [2.05, 4.69) is 4.98 Å². The number of hydrogen-bond donors (Lipinski definition) is 0. The number of rotatable bonds is 2. The first kappa shape index (κ1) is 14.2. The summed E-state index contributed by atoms with van der Waals surface area (Å²) in [5.74, 6) is 0. The number of halogens is 1. The summed E-state index contributed by atoms with van der Waals surface area (Å²) < 4.78 is 27.4. The molecule has 23 heavy (non-hydrogen) atoms. The Kier molecular flexibility index (Phi) is 3.14. The first-order chi connectivity index (χ1) is 11.1. The summed E-state index contributed by atoms with van der Waals surface area (Å²) in [5.41, 5.74) is 1.18. The highest BCUT2D eigenvalue weighted by Crippen LogP contribution is 2.31. The van der Waals surface area contributed by atoms with E-state index in [9.17, 15) is 8.42 Å². The lowest BCUT2D eigenvalue weighted by Gasteiger charge is -2.10. The van der Waals surface area contributed by atoms with Crippen LogP contribution in [-0.2, 0) is 10.0 Å². The SMILES string of the molecule is O=S(=O)(c1ccc(Cl)c2ccccc12)n1cnc2ccccc21. The van der Waals surface area contributed by atoms with E-state index < -0.39 is 10.0 Å². The third-order valence-corrected chi connectivity index (χ3v) is 5.84. The van der Waals surface area contributed by atoms with Gasteiger partial charge in [0.05, 0.1) is 15.9 Å². The van der Waals surface area contributed by atoms with E-state index in [1.165, 1.54) is 16.4 Å². The van der Waals surface area contributed by atoms with E-state index in [1.807, 2.05) is 18.2 Å². The normalized spacial score (nSPS) is 12.0. The smallest absolute Gasteiger partial charge is 0.236 e. The summed E-state index contributed by atoms with van der Waals surface area (Å²) in [5, 5.41) is 1.83. The predicted octanol–water partition coefficient (Wildman–Crippen LogP) is 4.08. The molecule has 114 valence electrons. The standard InChI is InChI=1S/C17H11ClN2O2S/c18-14-9-10-17(13-6-2-1-5-12(13)14)23(21,22)20-11-19-15-7-3-4-8-16(15)20/h1-11H. The number of hydrogen-bond acceptors (Lipinski definition) is 3. The molecule has 0 radical (unpaired) electrons. The molecule has 0 amide bonds. The molecule has 0 saturated carbocycles. The molecule has 1 heterocycles. The molecular weight excluding hydrogens is 332 g/mol. The van der Waals surface area contributed by atoms with Gasteiger partial charge in [-0.15, -0.1) is 0 Å². The van der Waals surface area contributed by atoms with Gasteiger partial charge in [-0.05, 0) is 24.3 Å². The topological polar surface area (TPSA) is 52.0 Å². The van der Waals surface area contributed by atoms with Crippen molar-refractivity contribution < 1.29 is 8.42 Å². The van der Waals surface area contributed by atoms with Crippen molar-refractivity contribution in [3.8, 4) is 0 Å². The fourth-order valence-corrected chi connectivity index (χ4v) is 4.41. The van der Waals surface area contributed by atoms with Crippen molar-refractivity contribution in [2.24, 2.45) is 0 Å². The first-order valence-electron chi connectivity index (χ1n) is 6.94. The zero-order valence-corrected chi connectivity index (χ0v) is 13.4. The zero-order valence-electron chi connectivity index (χ0n) is 11.8. The van der Waals surface area contributed by atoms with Gasteiger partial charge in [-0.25, -0.2) is 17.4 Å². The highest BCUT2D eigenvalue weighted by molar-refractivity contribution is 7.90. The van der Waals surface area contributed by atoms with E-state index in [1.54, 1.807) is 36.4 Å². The van der Waals surface area contributed by atoms with E-state index in [0.29, 0.717) is 26.8 Å². The number of imidazole rings is 1. The number of para-hydroxylation sites is 2. The summed E-state index contributed by atoms with van der Waals surface area (Å²) in [6, 6.07) is 17.5. The van der Waals surface area contributed by atoms with Crippen molar-refractivity contribution in [1.29, 1.82) is 0 Å². The molecule has 4 rings (SSSR count). The third kappa shape index (κ3) is 2.12. The zero-order chi connectivity index (χ0) is 16.0. The molecule has 0 N–H and O–H groups in total. The lowest BCUT2D eigenvalue weighted by atomic mass is 10.1. The highest BCUT2D eigenvalue weighted by atomic mass is 35.5. The number of nitrogens with zero attached hydrogens (tertiary/aromatic N) is 2. The first-order valence-corrected chi connectivity index (χ1v) is 8.76. The van der Waals surface area contributed by atoms with E-state index in [0.717, 1.165) is 0 Å². The largest absolute Gasteiger partial charge is 0.270 e. The van der Waals surface area contributed by atoms with Crippen molar-refractivity contribution >= 4 is 43.4 Å². The second-order valence-electron chi connectivity index (χ2n) is 5.13. The van der Waals surface area contributed by atoms with Crippen LogP contribution >= 0.6 is 11.6 Å². The van der Waals surface area contributed by atoms with Gasteiger partial charge in [0, 0.05) is 15.8 Å².